The van der Waals surface area contributed by atoms with Crippen molar-refractivity contribution in [3.05, 3.63) is 170 Å². The first-order valence-corrected chi connectivity index (χ1v) is 16.7. The number of hydrogen-bond acceptors (Lipinski definition) is 1. The first-order valence-electron chi connectivity index (χ1n) is 16.7. The molecule has 0 saturated heterocycles. The van der Waals surface area contributed by atoms with E-state index < -0.39 is 0 Å². The molecule has 4 heterocycles. The molecule has 11 aromatic rings. The minimum atomic E-state index is 0.957. The average Bonchev–Trinajstić information content (AvgIpc) is 3.83. The highest BCUT2D eigenvalue weighted by molar-refractivity contribution is 6.19. The first kappa shape index (κ1) is 26.4. The van der Waals surface area contributed by atoms with Gasteiger partial charge in [-0.15, -0.1) is 0 Å². The van der Waals surface area contributed by atoms with Crippen LogP contribution in [-0.2, 0) is 0 Å². The molecule has 228 valence electrons. The van der Waals surface area contributed by atoms with E-state index in [0.717, 1.165) is 44.6 Å². The SMILES string of the molecule is c1ccc(-n2c3ccccc3c3c(-c4ccc5c(c4)c4c(nc6c7ccccc7c7ccccc7n64)n5-c4ccccc4)cccc32)cc1. The van der Waals surface area contributed by atoms with Crippen LogP contribution < -0.4 is 0 Å². The van der Waals surface area contributed by atoms with Gasteiger partial charge in [0, 0.05) is 38.3 Å². The maximum atomic E-state index is 5.46. The number of fused-ring (bicyclic) bond motifs is 13. The summed E-state index contributed by atoms with van der Waals surface area (Å²) in [4.78, 5) is 5.46. The topological polar surface area (TPSA) is 27.2 Å². The maximum absolute atomic E-state index is 5.46. The molecule has 4 aromatic heterocycles. The van der Waals surface area contributed by atoms with E-state index in [2.05, 4.69) is 183 Å². The Kier molecular flexibility index (Phi) is 5.35. The van der Waals surface area contributed by atoms with E-state index in [4.69, 9.17) is 4.98 Å². The third-order valence-electron chi connectivity index (χ3n) is 10.2. The summed E-state index contributed by atoms with van der Waals surface area (Å²) < 4.78 is 7.10. The predicted octanol–water partition coefficient (Wildman–Crippen LogP) is 11.5. The van der Waals surface area contributed by atoms with Crippen LogP contribution in [0.25, 0.3) is 93.7 Å². The lowest BCUT2D eigenvalue weighted by Gasteiger charge is -2.11. The van der Waals surface area contributed by atoms with Crippen molar-refractivity contribution in [1.82, 2.24) is 18.5 Å². The van der Waals surface area contributed by atoms with Crippen LogP contribution in [-0.4, -0.2) is 18.5 Å². The Bertz CT molecular complexity index is 3090. The fraction of sp³-hybridized carbons (Fsp3) is 0. The van der Waals surface area contributed by atoms with Gasteiger partial charge in [0.1, 0.15) is 11.2 Å². The van der Waals surface area contributed by atoms with Crippen LogP contribution in [0.5, 0.6) is 0 Å². The molecule has 4 heteroatoms. The lowest BCUT2D eigenvalue weighted by molar-refractivity contribution is 1.15. The van der Waals surface area contributed by atoms with Crippen LogP contribution in [0, 0.1) is 0 Å². The van der Waals surface area contributed by atoms with Gasteiger partial charge in [0.2, 0.25) is 0 Å². The van der Waals surface area contributed by atoms with Gasteiger partial charge in [-0.25, -0.2) is 4.98 Å². The van der Waals surface area contributed by atoms with Gasteiger partial charge in [0.25, 0.3) is 0 Å². The summed E-state index contributed by atoms with van der Waals surface area (Å²) in [5, 5.41) is 7.27. The third kappa shape index (κ3) is 3.60. The van der Waals surface area contributed by atoms with Crippen LogP contribution in [0.3, 0.4) is 0 Å². The fourth-order valence-electron chi connectivity index (χ4n) is 8.19. The van der Waals surface area contributed by atoms with Crippen molar-refractivity contribution < 1.29 is 0 Å². The molecular weight excluding hydrogens is 597 g/mol. The average molecular weight is 625 g/mol. The molecule has 7 aromatic carbocycles. The van der Waals surface area contributed by atoms with Crippen LogP contribution in [0.2, 0.25) is 0 Å². The molecule has 0 aliphatic rings. The molecule has 0 bridgehead atoms. The summed E-state index contributed by atoms with van der Waals surface area (Å²) in [6, 6.07) is 61.1. The molecule has 4 nitrogen and oxygen atoms in total. The van der Waals surface area contributed by atoms with E-state index in [1.807, 2.05) is 0 Å². The second-order valence-corrected chi connectivity index (χ2v) is 12.8. The van der Waals surface area contributed by atoms with E-state index in [1.165, 1.54) is 49.1 Å². The minimum Gasteiger partial charge on any atom is -0.309 e. The Balaban J connectivity index is 1.29. The largest absolute Gasteiger partial charge is 0.309 e. The Morgan fingerprint density at radius 1 is 0.367 bits per heavy atom. The van der Waals surface area contributed by atoms with E-state index in [-0.39, 0.29) is 0 Å². The summed E-state index contributed by atoms with van der Waals surface area (Å²) in [7, 11) is 0. The highest BCUT2D eigenvalue weighted by Gasteiger charge is 2.23. The summed E-state index contributed by atoms with van der Waals surface area (Å²) in [5.41, 5.74) is 12.4. The zero-order chi connectivity index (χ0) is 32.1. The molecule has 0 radical (unpaired) electrons. The van der Waals surface area contributed by atoms with Crippen molar-refractivity contribution in [2.24, 2.45) is 0 Å². The molecule has 49 heavy (non-hydrogen) atoms. The second kappa shape index (κ2) is 9.93. The Labute approximate surface area is 281 Å². The zero-order valence-corrected chi connectivity index (χ0v) is 26.5. The highest BCUT2D eigenvalue weighted by Crippen LogP contribution is 2.42. The summed E-state index contributed by atoms with van der Waals surface area (Å²) in [6.45, 7) is 0. The van der Waals surface area contributed by atoms with Crippen molar-refractivity contribution >= 4 is 71.2 Å². The molecule has 0 unspecified atom stereocenters. The number of rotatable bonds is 3. The molecule has 0 aliphatic carbocycles. The molecular formula is C45H28N4. The summed E-state index contributed by atoms with van der Waals surface area (Å²) >= 11 is 0. The summed E-state index contributed by atoms with van der Waals surface area (Å²) in [5.74, 6) is 0. The van der Waals surface area contributed by atoms with Crippen LogP contribution in [0.1, 0.15) is 0 Å². The monoisotopic (exact) mass is 624 g/mol. The van der Waals surface area contributed by atoms with Crippen molar-refractivity contribution in [1.29, 1.82) is 0 Å². The molecule has 11 rings (SSSR count). The Morgan fingerprint density at radius 2 is 0.959 bits per heavy atom. The number of para-hydroxylation sites is 4. The number of benzene rings is 7. The van der Waals surface area contributed by atoms with Gasteiger partial charge in [-0.3, -0.25) is 8.97 Å². The molecule has 0 fully saturated rings. The molecule has 0 N–H and O–H groups in total. The van der Waals surface area contributed by atoms with Gasteiger partial charge in [-0.05, 0) is 71.1 Å². The van der Waals surface area contributed by atoms with Gasteiger partial charge in [-0.2, -0.15) is 0 Å². The van der Waals surface area contributed by atoms with E-state index >= 15 is 0 Å². The Morgan fingerprint density at radius 3 is 1.73 bits per heavy atom. The highest BCUT2D eigenvalue weighted by atomic mass is 15.1. The van der Waals surface area contributed by atoms with Gasteiger partial charge in [-0.1, -0.05) is 115 Å². The first-order chi connectivity index (χ1) is 24.3. The number of imidazole rings is 1. The fourth-order valence-corrected chi connectivity index (χ4v) is 8.19. The molecule has 0 spiro atoms. The number of aromatic nitrogens is 4. The molecule has 0 atom stereocenters. The van der Waals surface area contributed by atoms with E-state index in [1.54, 1.807) is 0 Å². The lowest BCUT2D eigenvalue weighted by atomic mass is 9.98. The van der Waals surface area contributed by atoms with E-state index in [9.17, 15) is 0 Å². The van der Waals surface area contributed by atoms with Crippen LogP contribution >= 0.6 is 0 Å². The quantitative estimate of drug-likeness (QED) is 0.180. The van der Waals surface area contributed by atoms with Gasteiger partial charge < -0.3 is 4.57 Å². The zero-order valence-electron chi connectivity index (χ0n) is 26.5. The van der Waals surface area contributed by atoms with Gasteiger partial charge in [0.15, 0.2) is 5.65 Å². The van der Waals surface area contributed by atoms with Crippen molar-refractivity contribution in [2.45, 2.75) is 0 Å². The maximum Gasteiger partial charge on any atom is 0.165 e. The third-order valence-corrected chi connectivity index (χ3v) is 10.2. The van der Waals surface area contributed by atoms with E-state index in [0.29, 0.717) is 0 Å². The molecule has 0 saturated carbocycles. The molecule has 0 amide bonds. The predicted molar refractivity (Wildman–Crippen MR) is 204 cm³/mol. The lowest BCUT2D eigenvalue weighted by Crippen LogP contribution is -1.94. The van der Waals surface area contributed by atoms with Crippen molar-refractivity contribution in [3.63, 3.8) is 0 Å². The van der Waals surface area contributed by atoms with Crippen LogP contribution in [0.4, 0.5) is 0 Å². The van der Waals surface area contributed by atoms with Crippen LogP contribution in [0.15, 0.2) is 170 Å². The van der Waals surface area contributed by atoms with Gasteiger partial charge >= 0.3 is 0 Å². The Hall–Kier alpha value is -6.65. The normalized spacial score (nSPS) is 12.1. The standard InChI is InChI=1S/C45H28N4/c1-3-14-30(15-4-1)47-39-24-12-10-21-36(39)42-32(22-13-25-41(42)47)29-26-27-40-37(28-29)43-45(48(40)31-16-5-2-6-17-31)46-44-35-20-8-7-18-33(35)34-19-9-11-23-38(34)49(43)44/h1-28H. The van der Waals surface area contributed by atoms with Crippen molar-refractivity contribution in [2.75, 3.05) is 0 Å². The van der Waals surface area contributed by atoms with Crippen molar-refractivity contribution in [3.8, 4) is 22.5 Å². The number of pyridine rings is 1. The summed E-state index contributed by atoms with van der Waals surface area (Å²) in [6.07, 6.45) is 0. The minimum absolute atomic E-state index is 0.957. The second-order valence-electron chi connectivity index (χ2n) is 12.8. The number of hydrogen-bond donors (Lipinski definition) is 0. The number of nitrogens with zero attached hydrogens (tertiary/aromatic N) is 4. The molecule has 0 aliphatic heterocycles. The van der Waals surface area contributed by atoms with Gasteiger partial charge in [0.05, 0.1) is 22.1 Å². The smallest absolute Gasteiger partial charge is 0.165 e.